The Morgan fingerprint density at radius 3 is 2.19 bits per heavy atom. The first-order valence-electron chi connectivity index (χ1n) is 4.44. The third-order valence-corrected chi connectivity index (χ3v) is 2.26. The Balaban J connectivity index is 2.51. The van der Waals surface area contributed by atoms with Crippen LogP contribution in [0.1, 0.15) is 0 Å². The predicted molar refractivity (Wildman–Crippen MR) is 52.1 cm³/mol. The van der Waals surface area contributed by atoms with Crippen LogP contribution in [0.25, 0.3) is 0 Å². The molecule has 6 heteroatoms. The number of likely N-dealkylation sites (N-methyl/N-ethyl adjacent to an activating group) is 1. The standard InChI is InChI=1S/C10H7FN2O3/c1-12-8(14)9(15)13(10(12)16)7-5-3-2-4-6(7)11/h2-5H,1H3. The zero-order valence-corrected chi connectivity index (χ0v) is 8.31. The van der Waals surface area contributed by atoms with Crippen molar-refractivity contribution in [2.24, 2.45) is 0 Å². The summed E-state index contributed by atoms with van der Waals surface area (Å²) in [5.41, 5.74) is -0.213. The zero-order valence-electron chi connectivity index (χ0n) is 8.31. The molecule has 1 fully saturated rings. The van der Waals surface area contributed by atoms with E-state index in [2.05, 4.69) is 0 Å². The Kier molecular flexibility index (Phi) is 2.19. The van der Waals surface area contributed by atoms with Gasteiger partial charge in [0.1, 0.15) is 5.82 Å². The van der Waals surface area contributed by atoms with Gasteiger partial charge in [0, 0.05) is 7.05 Å². The fraction of sp³-hybridized carbons (Fsp3) is 0.100. The molecule has 0 bridgehead atoms. The molecule has 0 N–H and O–H groups in total. The van der Waals surface area contributed by atoms with Gasteiger partial charge in [0.05, 0.1) is 5.69 Å². The minimum atomic E-state index is -1.04. The molecule has 1 heterocycles. The van der Waals surface area contributed by atoms with Crippen LogP contribution in [0.4, 0.5) is 14.9 Å². The molecule has 0 saturated carbocycles. The van der Waals surface area contributed by atoms with Gasteiger partial charge in [-0.15, -0.1) is 0 Å². The molecule has 4 amide bonds. The van der Waals surface area contributed by atoms with E-state index in [-0.39, 0.29) is 5.69 Å². The van der Waals surface area contributed by atoms with Crippen LogP contribution < -0.4 is 4.90 Å². The topological polar surface area (TPSA) is 57.7 Å². The van der Waals surface area contributed by atoms with Gasteiger partial charge in [0.25, 0.3) is 0 Å². The van der Waals surface area contributed by atoms with Gasteiger partial charge < -0.3 is 0 Å². The van der Waals surface area contributed by atoms with Crippen molar-refractivity contribution in [3.8, 4) is 0 Å². The number of rotatable bonds is 1. The first-order valence-corrected chi connectivity index (χ1v) is 4.44. The number of hydrogen-bond donors (Lipinski definition) is 0. The summed E-state index contributed by atoms with van der Waals surface area (Å²) < 4.78 is 13.4. The second kappa shape index (κ2) is 3.41. The Morgan fingerprint density at radius 1 is 1.06 bits per heavy atom. The highest BCUT2D eigenvalue weighted by Gasteiger charge is 2.44. The fourth-order valence-electron chi connectivity index (χ4n) is 1.41. The van der Waals surface area contributed by atoms with Crippen molar-refractivity contribution < 1.29 is 18.8 Å². The summed E-state index contributed by atoms with van der Waals surface area (Å²) in [5, 5.41) is 0. The van der Waals surface area contributed by atoms with E-state index in [1.165, 1.54) is 25.2 Å². The molecule has 1 aliphatic rings. The van der Waals surface area contributed by atoms with Crippen molar-refractivity contribution in [3.05, 3.63) is 30.1 Å². The summed E-state index contributed by atoms with van der Waals surface area (Å²) in [4.78, 5) is 35.3. The highest BCUT2D eigenvalue weighted by atomic mass is 19.1. The van der Waals surface area contributed by atoms with Crippen LogP contribution >= 0.6 is 0 Å². The first-order chi connectivity index (χ1) is 7.54. The van der Waals surface area contributed by atoms with E-state index in [1.807, 2.05) is 0 Å². The minimum absolute atomic E-state index is 0.213. The van der Waals surface area contributed by atoms with Gasteiger partial charge >= 0.3 is 17.8 Å². The molecular formula is C10H7FN2O3. The quantitative estimate of drug-likeness (QED) is 0.520. The molecule has 5 nitrogen and oxygen atoms in total. The molecular weight excluding hydrogens is 215 g/mol. The molecule has 1 aliphatic heterocycles. The van der Waals surface area contributed by atoms with Crippen LogP contribution in [0, 0.1) is 5.82 Å². The van der Waals surface area contributed by atoms with Crippen LogP contribution in [0.2, 0.25) is 0 Å². The summed E-state index contributed by atoms with van der Waals surface area (Å²) in [6, 6.07) is 4.42. The third-order valence-electron chi connectivity index (χ3n) is 2.26. The van der Waals surface area contributed by atoms with Gasteiger partial charge in [-0.05, 0) is 12.1 Å². The first kappa shape index (κ1) is 10.3. The number of anilines is 1. The highest BCUT2D eigenvalue weighted by Crippen LogP contribution is 2.23. The monoisotopic (exact) mass is 222 g/mol. The van der Waals surface area contributed by atoms with Crippen LogP contribution in [-0.2, 0) is 9.59 Å². The molecule has 0 atom stereocenters. The number of halogens is 1. The molecule has 0 aliphatic carbocycles. The summed E-state index contributed by atoms with van der Waals surface area (Å²) in [6.07, 6.45) is 0. The lowest BCUT2D eigenvalue weighted by atomic mass is 10.3. The number of urea groups is 1. The maximum atomic E-state index is 13.4. The Morgan fingerprint density at radius 2 is 1.69 bits per heavy atom. The van der Waals surface area contributed by atoms with Crippen molar-refractivity contribution in [1.82, 2.24) is 4.90 Å². The van der Waals surface area contributed by atoms with E-state index < -0.39 is 23.7 Å². The van der Waals surface area contributed by atoms with Gasteiger partial charge in [-0.2, -0.15) is 0 Å². The van der Waals surface area contributed by atoms with Crippen molar-refractivity contribution >= 4 is 23.5 Å². The molecule has 82 valence electrons. The second-order valence-corrected chi connectivity index (χ2v) is 3.24. The maximum Gasteiger partial charge on any atom is 0.338 e. The lowest BCUT2D eigenvalue weighted by molar-refractivity contribution is -0.138. The largest absolute Gasteiger partial charge is 0.338 e. The summed E-state index contributed by atoms with van der Waals surface area (Å²) in [5.74, 6) is -2.74. The summed E-state index contributed by atoms with van der Waals surface area (Å²) in [7, 11) is 1.17. The average molecular weight is 222 g/mol. The SMILES string of the molecule is CN1C(=O)C(=O)N(c2ccccc2F)C1=O. The van der Waals surface area contributed by atoms with Gasteiger partial charge in [-0.3, -0.25) is 14.5 Å². The number of para-hydroxylation sites is 1. The lowest BCUT2D eigenvalue weighted by Crippen LogP contribution is -2.32. The molecule has 0 spiro atoms. The van der Waals surface area contributed by atoms with Crippen molar-refractivity contribution in [2.45, 2.75) is 0 Å². The second-order valence-electron chi connectivity index (χ2n) is 3.24. The number of carbonyl (C=O) groups is 3. The summed E-state index contributed by atoms with van der Waals surface area (Å²) in [6.45, 7) is 0. The van der Waals surface area contributed by atoms with Crippen LogP contribution in [-0.4, -0.2) is 29.8 Å². The lowest BCUT2D eigenvalue weighted by Gasteiger charge is -2.13. The fourth-order valence-corrected chi connectivity index (χ4v) is 1.41. The molecule has 1 aromatic rings. The van der Waals surface area contributed by atoms with Crippen LogP contribution in [0.3, 0.4) is 0 Å². The maximum absolute atomic E-state index is 13.4. The van der Waals surface area contributed by atoms with E-state index in [0.717, 1.165) is 6.07 Å². The van der Waals surface area contributed by atoms with Crippen molar-refractivity contribution in [1.29, 1.82) is 0 Å². The number of nitrogens with zero attached hydrogens (tertiary/aromatic N) is 2. The number of benzene rings is 1. The normalized spacial score (nSPS) is 16.2. The zero-order chi connectivity index (χ0) is 11.9. The van der Waals surface area contributed by atoms with Gasteiger partial charge in [0.15, 0.2) is 0 Å². The van der Waals surface area contributed by atoms with Gasteiger partial charge in [0.2, 0.25) is 0 Å². The molecule has 0 aromatic heterocycles. The number of imide groups is 2. The van der Waals surface area contributed by atoms with E-state index in [1.54, 1.807) is 0 Å². The van der Waals surface area contributed by atoms with Crippen molar-refractivity contribution in [2.75, 3.05) is 11.9 Å². The average Bonchev–Trinajstić information content (AvgIpc) is 2.45. The molecule has 1 aromatic carbocycles. The summed E-state index contributed by atoms with van der Waals surface area (Å²) >= 11 is 0. The number of hydrogen-bond acceptors (Lipinski definition) is 3. The molecule has 0 unspecified atom stereocenters. The minimum Gasteiger partial charge on any atom is -0.263 e. The van der Waals surface area contributed by atoms with E-state index in [9.17, 15) is 18.8 Å². The van der Waals surface area contributed by atoms with Gasteiger partial charge in [-0.1, -0.05) is 12.1 Å². The Hall–Kier alpha value is -2.24. The van der Waals surface area contributed by atoms with E-state index >= 15 is 0 Å². The van der Waals surface area contributed by atoms with Crippen molar-refractivity contribution in [3.63, 3.8) is 0 Å². The molecule has 0 radical (unpaired) electrons. The molecule has 16 heavy (non-hydrogen) atoms. The predicted octanol–water partition coefficient (Wildman–Crippen LogP) is 0.751. The number of carbonyl (C=O) groups excluding carboxylic acids is 3. The van der Waals surface area contributed by atoms with E-state index in [0.29, 0.717) is 9.80 Å². The van der Waals surface area contributed by atoms with Gasteiger partial charge in [-0.25, -0.2) is 14.1 Å². The Bertz CT molecular complexity index is 501. The van der Waals surface area contributed by atoms with Crippen LogP contribution in [0.15, 0.2) is 24.3 Å². The molecule has 1 saturated heterocycles. The highest BCUT2D eigenvalue weighted by molar-refractivity contribution is 6.52. The van der Waals surface area contributed by atoms with Crippen LogP contribution in [0.5, 0.6) is 0 Å². The Labute approximate surface area is 90.1 Å². The van der Waals surface area contributed by atoms with E-state index in [4.69, 9.17) is 0 Å². The third kappa shape index (κ3) is 1.27. The number of amides is 4. The molecule has 2 rings (SSSR count). The smallest absolute Gasteiger partial charge is 0.263 e.